The van der Waals surface area contributed by atoms with Gasteiger partial charge in [0, 0.05) is 12.8 Å². The molecule has 0 bridgehead atoms. The highest BCUT2D eigenvalue weighted by Crippen LogP contribution is 2.43. The highest BCUT2D eigenvalue weighted by molar-refractivity contribution is 7.47. The molecule has 0 amide bonds. The minimum absolute atomic E-state index is 0.0768. The molecule has 0 aliphatic carbocycles. The van der Waals surface area contributed by atoms with Gasteiger partial charge in [-0.25, -0.2) is 4.57 Å². The van der Waals surface area contributed by atoms with Gasteiger partial charge in [-0.05, 0) is 83.5 Å². The Labute approximate surface area is 362 Å². The van der Waals surface area contributed by atoms with Crippen LogP contribution in [0.25, 0.3) is 0 Å². The molecule has 0 rings (SSSR count). The first-order valence-electron chi connectivity index (χ1n) is 22.6. The maximum Gasteiger partial charge on any atom is 0.472 e. The van der Waals surface area contributed by atoms with Crippen LogP contribution in [0.5, 0.6) is 0 Å². The summed E-state index contributed by atoms with van der Waals surface area (Å²) in [5.74, 6) is -2.48. The largest absolute Gasteiger partial charge is 0.480 e. The van der Waals surface area contributed by atoms with Crippen molar-refractivity contribution >= 4 is 25.7 Å². The normalized spacial score (nSPS) is 14.5. The van der Waals surface area contributed by atoms with Gasteiger partial charge in [-0.2, -0.15) is 0 Å². The first-order chi connectivity index (χ1) is 29.1. The molecule has 0 heterocycles. The highest BCUT2D eigenvalue weighted by Gasteiger charge is 2.28. The number of ether oxygens (including phenoxy) is 2. The van der Waals surface area contributed by atoms with Crippen LogP contribution in [0.2, 0.25) is 0 Å². The molecule has 0 fully saturated rings. The van der Waals surface area contributed by atoms with E-state index in [4.69, 9.17) is 24.8 Å². The quantitative estimate of drug-likeness (QED) is 0.0231. The SMILES string of the molecule is CC/C=C/C/C=C/C/C=C/CCCCCCCC(=O)OC[C@@H](COP(=O)(O)OC[C@H](N)C(=O)O)OC(=O)CCC/C=C/C/C=C/C/C=C/C/C=C/CCCCCCCCC. The minimum Gasteiger partial charge on any atom is -0.480 e. The molecule has 342 valence electrons. The Morgan fingerprint density at radius 3 is 1.45 bits per heavy atom. The van der Waals surface area contributed by atoms with Crippen LogP contribution in [0.3, 0.4) is 0 Å². The summed E-state index contributed by atoms with van der Waals surface area (Å²) in [7, 11) is -4.74. The zero-order valence-corrected chi connectivity index (χ0v) is 37.9. The molecule has 0 aromatic rings. The van der Waals surface area contributed by atoms with Crippen molar-refractivity contribution in [3.8, 4) is 0 Å². The standard InChI is InChI=1S/C48H80NO10P/c1-3-5-7-9-11-13-15-17-19-20-21-22-23-24-26-28-30-32-34-36-38-40-47(51)59-44(42-57-60(54,55)58-43-45(49)48(52)53)41-56-46(50)39-37-35-33-31-29-27-25-18-16-14-12-10-8-6-4-2/h6,8,12,14,18-20,22-23,25-26,28,32,34,44-45H,3-5,7,9-11,13,15-17,21,24,27,29-31,33,35-43,49H2,1-2H3,(H,52,53)(H,54,55)/b8-6+,14-12+,20-19+,23-22+,25-18+,28-26+,34-32+/t44-,45-/m0/s1. The zero-order chi connectivity index (χ0) is 44.2. The molecule has 0 spiro atoms. The number of carbonyl (C=O) groups is 3. The van der Waals surface area contributed by atoms with E-state index in [0.717, 1.165) is 77.0 Å². The van der Waals surface area contributed by atoms with Crippen LogP contribution in [-0.2, 0) is 37.5 Å². The van der Waals surface area contributed by atoms with Crippen molar-refractivity contribution in [2.24, 2.45) is 5.73 Å². The third-order valence-corrected chi connectivity index (χ3v) is 10.1. The summed E-state index contributed by atoms with van der Waals surface area (Å²) in [5, 5.41) is 8.89. The molecule has 60 heavy (non-hydrogen) atoms. The molecule has 4 N–H and O–H groups in total. The van der Waals surface area contributed by atoms with Crippen molar-refractivity contribution in [2.75, 3.05) is 19.8 Å². The lowest BCUT2D eigenvalue weighted by molar-refractivity contribution is -0.161. The van der Waals surface area contributed by atoms with Crippen molar-refractivity contribution in [2.45, 2.75) is 180 Å². The molecule has 1 unspecified atom stereocenters. The Morgan fingerprint density at radius 1 is 0.533 bits per heavy atom. The number of carboxylic acid groups (broad SMARTS) is 1. The van der Waals surface area contributed by atoms with Gasteiger partial charge in [-0.3, -0.25) is 23.4 Å². The van der Waals surface area contributed by atoms with E-state index in [1.54, 1.807) is 0 Å². The molecular weight excluding hydrogens is 781 g/mol. The van der Waals surface area contributed by atoms with E-state index >= 15 is 0 Å². The fourth-order valence-corrected chi connectivity index (χ4v) is 6.38. The summed E-state index contributed by atoms with van der Waals surface area (Å²) in [6.07, 6.45) is 52.3. The number of hydrogen-bond acceptors (Lipinski definition) is 9. The molecule has 0 aromatic heterocycles. The van der Waals surface area contributed by atoms with Gasteiger partial charge < -0.3 is 25.2 Å². The Balaban J connectivity index is 4.48. The maximum atomic E-state index is 12.6. The van der Waals surface area contributed by atoms with E-state index in [2.05, 4.69) is 91.3 Å². The number of esters is 2. The number of nitrogens with two attached hydrogens (primary N) is 1. The topological polar surface area (TPSA) is 172 Å². The second-order valence-corrected chi connectivity index (χ2v) is 16.2. The van der Waals surface area contributed by atoms with Crippen LogP contribution in [0, 0.1) is 0 Å². The second kappa shape index (κ2) is 42.4. The van der Waals surface area contributed by atoms with Gasteiger partial charge in [-0.1, -0.05) is 157 Å². The molecule has 0 radical (unpaired) electrons. The van der Waals surface area contributed by atoms with Crippen LogP contribution in [0.15, 0.2) is 85.1 Å². The van der Waals surface area contributed by atoms with Crippen LogP contribution in [0.4, 0.5) is 0 Å². The number of aliphatic carboxylic acids is 1. The molecule has 0 saturated heterocycles. The Morgan fingerprint density at radius 2 is 0.950 bits per heavy atom. The number of phosphoric acid groups is 1. The van der Waals surface area contributed by atoms with Gasteiger partial charge >= 0.3 is 25.7 Å². The van der Waals surface area contributed by atoms with Crippen molar-refractivity contribution in [3.63, 3.8) is 0 Å². The summed E-state index contributed by atoms with van der Waals surface area (Å²) >= 11 is 0. The van der Waals surface area contributed by atoms with E-state index < -0.39 is 51.1 Å². The van der Waals surface area contributed by atoms with Crippen LogP contribution >= 0.6 is 7.82 Å². The van der Waals surface area contributed by atoms with E-state index in [9.17, 15) is 23.8 Å². The lowest BCUT2D eigenvalue weighted by Gasteiger charge is -2.20. The first kappa shape index (κ1) is 56.7. The molecule has 3 atom stereocenters. The molecule has 0 aliphatic rings. The van der Waals surface area contributed by atoms with Gasteiger partial charge in [0.05, 0.1) is 13.2 Å². The number of carboxylic acids is 1. The summed E-state index contributed by atoms with van der Waals surface area (Å²) < 4.78 is 32.6. The number of rotatable bonds is 41. The summed E-state index contributed by atoms with van der Waals surface area (Å²) in [4.78, 5) is 46.0. The second-order valence-electron chi connectivity index (χ2n) is 14.8. The van der Waals surface area contributed by atoms with Gasteiger partial charge in [0.2, 0.25) is 0 Å². The number of allylic oxidation sites excluding steroid dienone is 14. The summed E-state index contributed by atoms with van der Waals surface area (Å²) in [5.41, 5.74) is 5.33. The molecular formula is C48H80NO10P. The van der Waals surface area contributed by atoms with E-state index in [1.165, 1.54) is 44.9 Å². The Bertz CT molecular complexity index is 1340. The highest BCUT2D eigenvalue weighted by atomic mass is 31.2. The van der Waals surface area contributed by atoms with E-state index in [0.29, 0.717) is 19.3 Å². The van der Waals surface area contributed by atoms with Crippen LogP contribution in [0.1, 0.15) is 168 Å². The van der Waals surface area contributed by atoms with Gasteiger partial charge in [0.1, 0.15) is 12.6 Å². The summed E-state index contributed by atoms with van der Waals surface area (Å²) in [6.45, 7) is 2.60. The lowest BCUT2D eigenvalue weighted by atomic mass is 10.1. The third kappa shape index (κ3) is 41.4. The average Bonchev–Trinajstić information content (AvgIpc) is 3.22. The van der Waals surface area contributed by atoms with E-state index in [1.807, 2.05) is 12.2 Å². The van der Waals surface area contributed by atoms with Crippen molar-refractivity contribution in [1.29, 1.82) is 0 Å². The maximum absolute atomic E-state index is 12.6. The Kier molecular flexibility index (Phi) is 40.0. The lowest BCUT2D eigenvalue weighted by Crippen LogP contribution is -2.34. The Hall–Kier alpha value is -3.34. The van der Waals surface area contributed by atoms with Crippen LogP contribution in [-0.4, -0.2) is 59.9 Å². The smallest absolute Gasteiger partial charge is 0.472 e. The fraction of sp³-hybridized carbons (Fsp3) is 0.646. The molecule has 0 aromatic carbocycles. The molecule has 11 nitrogen and oxygen atoms in total. The number of unbranched alkanes of at least 4 members (excludes halogenated alkanes) is 13. The van der Waals surface area contributed by atoms with Gasteiger partial charge in [0.15, 0.2) is 6.10 Å². The number of hydrogen-bond donors (Lipinski definition) is 3. The number of phosphoric ester groups is 1. The van der Waals surface area contributed by atoms with Crippen molar-refractivity contribution in [3.05, 3.63) is 85.1 Å². The average molecular weight is 862 g/mol. The summed E-state index contributed by atoms with van der Waals surface area (Å²) in [6, 6.07) is -1.54. The van der Waals surface area contributed by atoms with E-state index in [-0.39, 0.29) is 19.4 Å². The third-order valence-electron chi connectivity index (χ3n) is 9.13. The fourth-order valence-electron chi connectivity index (χ4n) is 5.60. The molecule has 0 aliphatic heterocycles. The predicted molar refractivity (Wildman–Crippen MR) is 244 cm³/mol. The minimum atomic E-state index is -4.74. The molecule has 0 saturated carbocycles. The number of carbonyl (C=O) groups excluding carboxylic acids is 2. The van der Waals surface area contributed by atoms with Crippen molar-refractivity contribution < 1.29 is 47.5 Å². The predicted octanol–water partition coefficient (Wildman–Crippen LogP) is 12.3. The van der Waals surface area contributed by atoms with Crippen molar-refractivity contribution in [1.82, 2.24) is 0 Å². The first-order valence-corrected chi connectivity index (χ1v) is 24.1. The molecule has 12 heteroatoms. The van der Waals surface area contributed by atoms with Gasteiger partial charge in [0.25, 0.3) is 0 Å². The monoisotopic (exact) mass is 862 g/mol. The van der Waals surface area contributed by atoms with Crippen LogP contribution < -0.4 is 5.73 Å². The van der Waals surface area contributed by atoms with Gasteiger partial charge in [-0.15, -0.1) is 0 Å². The zero-order valence-electron chi connectivity index (χ0n) is 37.0.